The van der Waals surface area contributed by atoms with E-state index in [-0.39, 0.29) is 49.5 Å². The van der Waals surface area contributed by atoms with E-state index in [2.05, 4.69) is 65.7 Å². The second kappa shape index (κ2) is 9.96. The van der Waals surface area contributed by atoms with Crippen molar-refractivity contribution in [3.63, 3.8) is 0 Å². The van der Waals surface area contributed by atoms with E-state index in [1.165, 1.54) is 25.0 Å². The number of nitrogens with zero attached hydrogens (tertiary/aromatic N) is 2. The Morgan fingerprint density at radius 3 is 2.15 bits per heavy atom. The minimum atomic E-state index is -1.65. The summed E-state index contributed by atoms with van der Waals surface area (Å²) in [6, 6.07) is 0.725. The number of hydrogen-bond donors (Lipinski definition) is 0. The van der Waals surface area contributed by atoms with Gasteiger partial charge >= 0.3 is 21.7 Å². The first-order valence-electron chi connectivity index (χ1n) is 9.66. The average Bonchev–Trinajstić information content (AvgIpc) is 2.82. The molecular weight excluding hydrogens is 380 g/mol. The van der Waals surface area contributed by atoms with Crippen molar-refractivity contribution in [2.24, 2.45) is 23.7 Å². The molecule has 1 aliphatic heterocycles. The third kappa shape index (κ3) is 5.53. The van der Waals surface area contributed by atoms with Gasteiger partial charge in [0.05, 0.1) is 0 Å². The molecule has 0 spiro atoms. The van der Waals surface area contributed by atoms with Crippen LogP contribution in [0.4, 0.5) is 0 Å². The molecule has 2 saturated carbocycles. The molecule has 0 aromatic carbocycles. The van der Waals surface area contributed by atoms with Gasteiger partial charge in [-0.15, -0.1) is 5.54 Å². The largest absolute Gasteiger partial charge is 4.00 e. The fourth-order valence-corrected chi connectivity index (χ4v) is 10.9. The van der Waals surface area contributed by atoms with Crippen molar-refractivity contribution in [1.29, 1.82) is 0 Å². The molecule has 0 amide bonds. The monoisotopic (exact) mass is 426 g/mol. The molecule has 3 aliphatic rings. The molecule has 2 aliphatic carbocycles. The van der Waals surface area contributed by atoms with Crippen LogP contribution in [-0.2, 0) is 21.7 Å². The molecule has 0 aromatic heterocycles. The number of rotatable bonds is 2. The van der Waals surface area contributed by atoms with Crippen LogP contribution in [0.1, 0.15) is 53.9 Å². The summed E-state index contributed by atoms with van der Waals surface area (Å²) in [5.74, 6) is 3.54. The van der Waals surface area contributed by atoms with E-state index in [1.807, 2.05) is 0 Å². The van der Waals surface area contributed by atoms with Crippen LogP contribution in [0.25, 0.3) is 4.98 Å². The van der Waals surface area contributed by atoms with E-state index < -0.39 is 8.24 Å². The second-order valence-corrected chi connectivity index (χ2v) is 14.4. The molecule has 0 aromatic rings. The van der Waals surface area contributed by atoms with Crippen molar-refractivity contribution in [2.75, 3.05) is 7.05 Å². The topological polar surface area (TPSA) is 17.3 Å². The van der Waals surface area contributed by atoms with E-state index in [9.17, 15) is 0 Å². The molecule has 2 fully saturated rings. The Kier molecular flexibility index (Phi) is 10.9. The SMILES string of the molecule is CC1=CC2C3CCC(C)CC3C([Si](C)(C)[N-]C(C)(C)C)C2N1C.[CH3-].[CH3-].[CH3-].[Ti+4]. The Balaban J connectivity index is 0. The number of fused-ring (bicyclic) bond motifs is 3. The molecule has 1 heterocycles. The first kappa shape index (κ1) is 29.6. The van der Waals surface area contributed by atoms with Gasteiger partial charge < -0.3 is 32.2 Å². The van der Waals surface area contributed by atoms with Crippen LogP contribution in [-0.4, -0.2) is 31.8 Å². The molecule has 27 heavy (non-hydrogen) atoms. The normalized spacial score (nSPS) is 34.8. The van der Waals surface area contributed by atoms with E-state index >= 15 is 0 Å². The van der Waals surface area contributed by atoms with Crippen LogP contribution in [0.15, 0.2) is 11.8 Å². The molecule has 6 unspecified atom stereocenters. The quantitative estimate of drug-likeness (QED) is 0.344. The van der Waals surface area contributed by atoms with Crippen LogP contribution in [0.5, 0.6) is 0 Å². The van der Waals surface area contributed by atoms with Crippen molar-refractivity contribution in [3.05, 3.63) is 39.0 Å². The van der Waals surface area contributed by atoms with Crippen LogP contribution < -0.4 is 0 Å². The first-order valence-corrected chi connectivity index (χ1v) is 12.7. The predicted octanol–water partition coefficient (Wildman–Crippen LogP) is 6.98. The van der Waals surface area contributed by atoms with Gasteiger partial charge in [-0.25, -0.2) is 0 Å². The Labute approximate surface area is 188 Å². The summed E-state index contributed by atoms with van der Waals surface area (Å²) in [4.78, 5) is 8.06. The molecule has 2 nitrogen and oxygen atoms in total. The van der Waals surface area contributed by atoms with Gasteiger partial charge in [0, 0.05) is 24.7 Å². The third-order valence-electron chi connectivity index (χ3n) is 6.81. The smallest absolute Gasteiger partial charge is 0.660 e. The van der Waals surface area contributed by atoms with Crippen molar-refractivity contribution >= 4 is 8.24 Å². The summed E-state index contributed by atoms with van der Waals surface area (Å²) in [6.45, 7) is 16.7. The summed E-state index contributed by atoms with van der Waals surface area (Å²) in [5.41, 5.74) is 2.42. The predicted molar refractivity (Wildman–Crippen MR) is 122 cm³/mol. The standard InChI is InChI=1S/C20H37N2Si.3CH3.Ti/c1-13-9-10-15-16-12-14(2)22(6)18(16)19(17(15)11-13)23(7,8)21-20(3,4)5;;;;/h12-13,15-19H,9-11H2,1-8H3;3*1H3;/q4*-1;+4. The molecule has 0 bridgehead atoms. The molecule has 4 heteroatoms. The zero-order chi connectivity index (χ0) is 17.2. The summed E-state index contributed by atoms with van der Waals surface area (Å²) in [5, 5.41) is 0. The van der Waals surface area contributed by atoms with Crippen LogP contribution in [0.2, 0.25) is 18.6 Å². The van der Waals surface area contributed by atoms with Gasteiger partial charge in [0.15, 0.2) is 0 Å². The average molecular weight is 427 g/mol. The van der Waals surface area contributed by atoms with E-state index in [1.54, 1.807) is 0 Å². The summed E-state index contributed by atoms with van der Waals surface area (Å²) < 4.78 is 0. The maximum absolute atomic E-state index is 5.45. The molecular formula is C23H46N2SiTi. The maximum atomic E-state index is 5.45. The molecule has 3 rings (SSSR count). The minimum absolute atomic E-state index is 0. The Morgan fingerprint density at radius 1 is 1.07 bits per heavy atom. The van der Waals surface area contributed by atoms with E-state index in [0.29, 0.717) is 0 Å². The zero-order valence-corrected chi connectivity index (χ0v) is 22.6. The maximum Gasteiger partial charge on any atom is 4.00 e. The van der Waals surface area contributed by atoms with Gasteiger partial charge in [0.1, 0.15) is 0 Å². The Hall–Kier alpha value is 0.431. The Morgan fingerprint density at radius 2 is 1.63 bits per heavy atom. The third-order valence-corrected chi connectivity index (χ3v) is 10.5. The van der Waals surface area contributed by atoms with Gasteiger partial charge in [0.25, 0.3) is 0 Å². The molecule has 0 N–H and O–H groups in total. The Bertz CT molecular complexity index is 497. The summed E-state index contributed by atoms with van der Waals surface area (Å²) in [6.07, 6.45) is 6.94. The van der Waals surface area contributed by atoms with Gasteiger partial charge in [0.2, 0.25) is 0 Å². The van der Waals surface area contributed by atoms with Crippen LogP contribution in [0.3, 0.4) is 0 Å². The van der Waals surface area contributed by atoms with Crippen molar-refractivity contribution in [3.8, 4) is 0 Å². The summed E-state index contributed by atoms with van der Waals surface area (Å²) in [7, 11) is 0.688. The van der Waals surface area contributed by atoms with Gasteiger partial charge in [-0.05, 0) is 43.1 Å². The molecule has 156 valence electrons. The van der Waals surface area contributed by atoms with Crippen LogP contribution in [0, 0.1) is 46.0 Å². The van der Waals surface area contributed by atoms with E-state index in [4.69, 9.17) is 4.98 Å². The fourth-order valence-electron chi connectivity index (χ4n) is 6.32. The zero-order valence-electron chi connectivity index (χ0n) is 20.1. The molecule has 0 saturated heterocycles. The summed E-state index contributed by atoms with van der Waals surface area (Å²) >= 11 is 0. The van der Waals surface area contributed by atoms with E-state index in [0.717, 1.165) is 35.3 Å². The fraction of sp³-hybridized carbons (Fsp3) is 0.783. The molecule has 0 radical (unpaired) electrons. The van der Waals surface area contributed by atoms with Gasteiger partial charge in [-0.3, -0.25) is 0 Å². The number of allylic oxidation sites excluding steroid dienone is 1. The minimum Gasteiger partial charge on any atom is -0.660 e. The van der Waals surface area contributed by atoms with Crippen molar-refractivity contribution in [1.82, 2.24) is 4.90 Å². The molecule has 6 atom stereocenters. The van der Waals surface area contributed by atoms with Crippen molar-refractivity contribution < 1.29 is 21.7 Å². The van der Waals surface area contributed by atoms with Crippen molar-refractivity contribution in [2.45, 2.75) is 84.1 Å². The number of hydrogen-bond acceptors (Lipinski definition) is 1. The second-order valence-electron chi connectivity index (χ2n) is 10.2. The van der Waals surface area contributed by atoms with Gasteiger partial charge in [-0.1, -0.05) is 61.5 Å². The van der Waals surface area contributed by atoms with Gasteiger partial charge in [-0.2, -0.15) is 0 Å². The van der Waals surface area contributed by atoms with Crippen LogP contribution >= 0.6 is 0 Å². The first-order chi connectivity index (χ1) is 10.5.